The van der Waals surface area contributed by atoms with Gasteiger partial charge in [0.2, 0.25) is 0 Å². The number of likely N-dealkylation sites (tertiary alicyclic amines) is 1. The molecule has 1 aliphatic rings. The first-order chi connectivity index (χ1) is 8.19. The van der Waals surface area contributed by atoms with Crippen molar-refractivity contribution in [3.05, 3.63) is 24.0 Å². The Balaban J connectivity index is 1.84. The lowest BCUT2D eigenvalue weighted by molar-refractivity contribution is 0.0401. The first-order valence-electron chi connectivity index (χ1n) is 6.09. The molecular weight excluding hydrogens is 216 g/mol. The molecule has 0 unspecified atom stereocenters. The first-order valence-corrected chi connectivity index (χ1v) is 6.09. The zero-order chi connectivity index (χ0) is 12.3. The van der Waals surface area contributed by atoms with E-state index in [-0.39, 0.29) is 5.78 Å². The number of hydrogen-bond acceptors (Lipinski definition) is 3. The van der Waals surface area contributed by atoms with E-state index in [2.05, 4.69) is 4.90 Å². The Bertz CT molecular complexity index is 379. The molecule has 17 heavy (non-hydrogen) atoms. The summed E-state index contributed by atoms with van der Waals surface area (Å²) in [6, 6.07) is 1.88. The van der Waals surface area contributed by atoms with Gasteiger partial charge in [-0.25, -0.2) is 0 Å². The van der Waals surface area contributed by atoms with Gasteiger partial charge in [0.1, 0.15) is 0 Å². The molecule has 1 aromatic heterocycles. The summed E-state index contributed by atoms with van der Waals surface area (Å²) in [5.74, 6) is 0.210. The van der Waals surface area contributed by atoms with Gasteiger partial charge in [-0.1, -0.05) is 0 Å². The van der Waals surface area contributed by atoms with Crippen LogP contribution in [0.5, 0.6) is 0 Å². The van der Waals surface area contributed by atoms with Crippen LogP contribution < -0.4 is 0 Å². The number of aryl methyl sites for hydroxylation is 1. The van der Waals surface area contributed by atoms with Crippen molar-refractivity contribution in [3.8, 4) is 0 Å². The van der Waals surface area contributed by atoms with Crippen LogP contribution in [0.1, 0.15) is 23.2 Å². The maximum Gasteiger partial charge on any atom is 0.178 e. The Labute approximate surface area is 102 Å². The molecule has 2 heterocycles. The number of hydrogen-bond donors (Lipinski definition) is 0. The van der Waals surface area contributed by atoms with E-state index in [9.17, 15) is 4.79 Å². The van der Waals surface area contributed by atoms with Gasteiger partial charge in [0, 0.05) is 45.2 Å². The van der Waals surface area contributed by atoms with Crippen LogP contribution in [0.2, 0.25) is 0 Å². The van der Waals surface area contributed by atoms with E-state index in [1.807, 2.05) is 30.1 Å². The number of aromatic nitrogens is 1. The molecule has 0 saturated carbocycles. The summed E-state index contributed by atoms with van der Waals surface area (Å²) in [5.41, 5.74) is 0.807. The molecule has 0 amide bonds. The molecule has 0 aliphatic carbocycles. The second kappa shape index (κ2) is 5.47. The predicted molar refractivity (Wildman–Crippen MR) is 66.2 cm³/mol. The summed E-state index contributed by atoms with van der Waals surface area (Å²) >= 11 is 0. The fraction of sp³-hybridized carbons (Fsp3) is 0.615. The molecule has 0 aromatic carbocycles. The smallest absolute Gasteiger partial charge is 0.178 e. The lowest BCUT2D eigenvalue weighted by Gasteiger charge is -2.30. The highest BCUT2D eigenvalue weighted by molar-refractivity contribution is 5.97. The maximum atomic E-state index is 12.0. The molecule has 4 nitrogen and oxygen atoms in total. The zero-order valence-electron chi connectivity index (χ0n) is 10.6. The Morgan fingerprint density at radius 2 is 2.18 bits per heavy atom. The summed E-state index contributed by atoms with van der Waals surface area (Å²) in [7, 11) is 3.69. The number of ether oxygens (including phenoxy) is 1. The Kier molecular flexibility index (Phi) is 3.97. The van der Waals surface area contributed by atoms with Crippen LogP contribution in [0, 0.1) is 0 Å². The topological polar surface area (TPSA) is 34.5 Å². The average molecular weight is 236 g/mol. The molecule has 1 saturated heterocycles. The monoisotopic (exact) mass is 236 g/mol. The molecule has 94 valence electrons. The van der Waals surface area contributed by atoms with Crippen molar-refractivity contribution in [2.75, 3.05) is 26.7 Å². The molecule has 0 bridgehead atoms. The average Bonchev–Trinajstić information content (AvgIpc) is 2.77. The third-order valence-corrected chi connectivity index (χ3v) is 3.39. The standard InChI is InChI=1S/C13H20N2O2/c1-14-6-3-11(9-14)13(16)10-15-7-4-12(17-2)5-8-15/h3,6,9,12H,4-5,7-8,10H2,1-2H3. The number of rotatable bonds is 4. The van der Waals surface area contributed by atoms with E-state index in [0.717, 1.165) is 31.5 Å². The van der Waals surface area contributed by atoms with Crippen molar-refractivity contribution in [2.45, 2.75) is 18.9 Å². The van der Waals surface area contributed by atoms with Crippen molar-refractivity contribution in [3.63, 3.8) is 0 Å². The summed E-state index contributed by atoms with van der Waals surface area (Å²) in [6.07, 6.45) is 6.21. The minimum atomic E-state index is 0.210. The Hall–Kier alpha value is -1.13. The van der Waals surface area contributed by atoms with E-state index < -0.39 is 0 Å². The number of piperidine rings is 1. The number of nitrogens with zero attached hydrogens (tertiary/aromatic N) is 2. The van der Waals surface area contributed by atoms with Gasteiger partial charge >= 0.3 is 0 Å². The van der Waals surface area contributed by atoms with Crippen LogP contribution in [0.3, 0.4) is 0 Å². The third kappa shape index (κ3) is 3.17. The molecular formula is C13H20N2O2. The lowest BCUT2D eigenvalue weighted by atomic mass is 10.1. The fourth-order valence-electron chi connectivity index (χ4n) is 2.27. The van der Waals surface area contributed by atoms with E-state index in [0.29, 0.717) is 12.6 Å². The highest BCUT2D eigenvalue weighted by Crippen LogP contribution is 2.13. The van der Waals surface area contributed by atoms with E-state index in [1.165, 1.54) is 0 Å². The van der Waals surface area contributed by atoms with E-state index in [4.69, 9.17) is 4.74 Å². The number of Topliss-reactive ketones (excluding diaryl/α,β-unsaturated/α-hetero) is 1. The van der Waals surface area contributed by atoms with Crippen LogP contribution >= 0.6 is 0 Å². The van der Waals surface area contributed by atoms with Crippen molar-refractivity contribution in [1.82, 2.24) is 9.47 Å². The van der Waals surface area contributed by atoms with Crippen LogP contribution in [-0.2, 0) is 11.8 Å². The van der Waals surface area contributed by atoms with Gasteiger partial charge in [-0.3, -0.25) is 9.69 Å². The highest BCUT2D eigenvalue weighted by Gasteiger charge is 2.20. The minimum Gasteiger partial charge on any atom is -0.381 e. The van der Waals surface area contributed by atoms with Crippen molar-refractivity contribution < 1.29 is 9.53 Å². The lowest BCUT2D eigenvalue weighted by Crippen LogP contribution is -2.39. The molecule has 4 heteroatoms. The second-order valence-corrected chi connectivity index (χ2v) is 4.70. The van der Waals surface area contributed by atoms with Crippen molar-refractivity contribution in [1.29, 1.82) is 0 Å². The molecule has 0 N–H and O–H groups in total. The van der Waals surface area contributed by atoms with Gasteiger partial charge in [0.15, 0.2) is 5.78 Å². The second-order valence-electron chi connectivity index (χ2n) is 4.70. The molecule has 0 radical (unpaired) electrons. The van der Waals surface area contributed by atoms with Crippen LogP contribution in [0.4, 0.5) is 0 Å². The van der Waals surface area contributed by atoms with Crippen LogP contribution in [-0.4, -0.2) is 48.1 Å². The molecule has 0 spiro atoms. The molecule has 0 atom stereocenters. The number of ketones is 1. The number of carbonyl (C=O) groups excluding carboxylic acids is 1. The van der Waals surface area contributed by atoms with Crippen molar-refractivity contribution in [2.24, 2.45) is 7.05 Å². The fourth-order valence-corrected chi connectivity index (χ4v) is 2.27. The molecule has 1 fully saturated rings. The van der Waals surface area contributed by atoms with Gasteiger partial charge < -0.3 is 9.30 Å². The molecule has 1 aromatic rings. The Morgan fingerprint density at radius 1 is 1.47 bits per heavy atom. The summed E-state index contributed by atoms with van der Waals surface area (Å²) < 4.78 is 7.22. The number of methoxy groups -OCH3 is 1. The van der Waals surface area contributed by atoms with Gasteiger partial charge in [0.25, 0.3) is 0 Å². The van der Waals surface area contributed by atoms with E-state index in [1.54, 1.807) is 7.11 Å². The Morgan fingerprint density at radius 3 is 2.71 bits per heavy atom. The largest absolute Gasteiger partial charge is 0.381 e. The normalized spacial score (nSPS) is 18.5. The zero-order valence-corrected chi connectivity index (χ0v) is 10.6. The van der Waals surface area contributed by atoms with Gasteiger partial charge in [-0.15, -0.1) is 0 Å². The SMILES string of the molecule is COC1CCN(CC(=O)c2ccn(C)c2)CC1. The summed E-state index contributed by atoms with van der Waals surface area (Å²) in [5, 5.41) is 0. The quantitative estimate of drug-likeness (QED) is 0.739. The maximum absolute atomic E-state index is 12.0. The molecule has 1 aliphatic heterocycles. The van der Waals surface area contributed by atoms with Gasteiger partial charge in [-0.2, -0.15) is 0 Å². The molecule has 2 rings (SSSR count). The predicted octanol–water partition coefficient (Wildman–Crippen LogP) is 1.32. The summed E-state index contributed by atoms with van der Waals surface area (Å²) in [6.45, 7) is 2.44. The minimum absolute atomic E-state index is 0.210. The van der Waals surface area contributed by atoms with E-state index >= 15 is 0 Å². The van der Waals surface area contributed by atoms with Crippen LogP contribution in [0.15, 0.2) is 18.5 Å². The number of carbonyl (C=O) groups is 1. The van der Waals surface area contributed by atoms with Gasteiger partial charge in [-0.05, 0) is 18.9 Å². The third-order valence-electron chi connectivity index (χ3n) is 3.39. The summed E-state index contributed by atoms with van der Waals surface area (Å²) in [4.78, 5) is 14.2. The van der Waals surface area contributed by atoms with Crippen molar-refractivity contribution >= 4 is 5.78 Å². The highest BCUT2D eigenvalue weighted by atomic mass is 16.5. The first kappa shape index (κ1) is 12.3. The van der Waals surface area contributed by atoms with Crippen LogP contribution in [0.25, 0.3) is 0 Å². The van der Waals surface area contributed by atoms with Gasteiger partial charge in [0.05, 0.1) is 12.6 Å².